The molecule has 0 N–H and O–H groups in total. The zero-order valence-corrected chi connectivity index (χ0v) is 16.3. The number of rotatable bonds is 4. The van der Waals surface area contributed by atoms with Crippen LogP contribution in [0.25, 0.3) is 0 Å². The lowest BCUT2D eigenvalue weighted by atomic mass is 9.93. The first-order valence-electron chi connectivity index (χ1n) is 9.38. The second-order valence-electron chi connectivity index (χ2n) is 6.87. The Morgan fingerprint density at radius 1 is 0.920 bits per heavy atom. The molecule has 1 heterocycles. The van der Waals surface area contributed by atoms with Gasteiger partial charge in [0.1, 0.15) is 5.75 Å². The lowest BCUT2D eigenvalue weighted by Crippen LogP contribution is -2.19. The maximum atomic E-state index is 5.18. The van der Waals surface area contributed by atoms with Crippen LogP contribution in [0.1, 0.15) is 48.8 Å². The molecule has 0 saturated carbocycles. The fraction of sp³-hybridized carbons (Fsp3) is 0.391. The summed E-state index contributed by atoms with van der Waals surface area (Å²) in [5.41, 5.74) is 3.61. The van der Waals surface area contributed by atoms with Gasteiger partial charge in [-0.05, 0) is 60.7 Å². The molecule has 0 atom stereocenters. The van der Waals surface area contributed by atoms with Crippen molar-refractivity contribution in [3.8, 4) is 17.6 Å². The molecule has 3 rings (SSSR count). The molecule has 2 aromatic rings. The molecular formula is C23H27OSi. The van der Waals surface area contributed by atoms with Gasteiger partial charge in [0.05, 0.1) is 7.11 Å². The van der Waals surface area contributed by atoms with Gasteiger partial charge in [-0.2, -0.15) is 0 Å². The standard InChI is InChI=1S/C23H27OSi/c1-3-16-25-17-14-22(15-18-25)21-10-6-19(7-11-21)4-5-20-8-12-23(24-2)13-9-20/h6-13,22H,3,14-18H2,1-2H3. The van der Waals surface area contributed by atoms with Crippen LogP contribution in [0.2, 0.25) is 18.1 Å². The van der Waals surface area contributed by atoms with Crippen LogP contribution in [0.3, 0.4) is 0 Å². The van der Waals surface area contributed by atoms with E-state index in [1.54, 1.807) is 7.11 Å². The van der Waals surface area contributed by atoms with Crippen molar-refractivity contribution in [3.05, 3.63) is 65.2 Å². The van der Waals surface area contributed by atoms with Gasteiger partial charge in [-0.1, -0.05) is 55.5 Å². The van der Waals surface area contributed by atoms with Crippen LogP contribution in [-0.2, 0) is 0 Å². The van der Waals surface area contributed by atoms with Gasteiger partial charge < -0.3 is 4.74 Å². The van der Waals surface area contributed by atoms with Gasteiger partial charge in [0.25, 0.3) is 0 Å². The molecule has 0 aromatic heterocycles. The van der Waals surface area contributed by atoms with Gasteiger partial charge in [-0.25, -0.2) is 0 Å². The smallest absolute Gasteiger partial charge is 0.118 e. The second kappa shape index (κ2) is 8.92. The lowest BCUT2D eigenvalue weighted by molar-refractivity contribution is 0.415. The number of ether oxygens (including phenoxy) is 1. The van der Waals surface area contributed by atoms with E-state index in [0.29, 0.717) is 0 Å². The number of hydrogen-bond donors (Lipinski definition) is 0. The van der Waals surface area contributed by atoms with Crippen LogP contribution >= 0.6 is 0 Å². The Labute approximate surface area is 154 Å². The Morgan fingerprint density at radius 3 is 2.00 bits per heavy atom. The fourth-order valence-corrected chi connectivity index (χ4v) is 6.59. The van der Waals surface area contributed by atoms with Crippen LogP contribution in [0.4, 0.5) is 0 Å². The van der Waals surface area contributed by atoms with E-state index >= 15 is 0 Å². The molecule has 0 bridgehead atoms. The van der Waals surface area contributed by atoms with E-state index in [-0.39, 0.29) is 8.80 Å². The summed E-state index contributed by atoms with van der Waals surface area (Å²) in [6, 6.07) is 21.4. The molecule has 2 aromatic carbocycles. The molecule has 129 valence electrons. The van der Waals surface area contributed by atoms with E-state index in [2.05, 4.69) is 43.0 Å². The van der Waals surface area contributed by atoms with Crippen molar-refractivity contribution in [1.82, 2.24) is 0 Å². The monoisotopic (exact) mass is 347 g/mol. The van der Waals surface area contributed by atoms with Gasteiger partial charge >= 0.3 is 0 Å². The van der Waals surface area contributed by atoms with Crippen LogP contribution < -0.4 is 4.74 Å². The largest absolute Gasteiger partial charge is 0.497 e. The third-order valence-corrected chi connectivity index (χ3v) is 8.32. The van der Waals surface area contributed by atoms with Gasteiger partial charge in [-0.3, -0.25) is 0 Å². The summed E-state index contributed by atoms with van der Waals surface area (Å²) in [5, 5.41) is 0. The summed E-state index contributed by atoms with van der Waals surface area (Å²) < 4.78 is 5.18. The predicted molar refractivity (Wildman–Crippen MR) is 108 cm³/mol. The molecule has 25 heavy (non-hydrogen) atoms. The third-order valence-electron chi connectivity index (χ3n) is 5.12. The van der Waals surface area contributed by atoms with E-state index in [1.807, 2.05) is 24.3 Å². The first-order chi connectivity index (χ1) is 12.3. The molecular weight excluding hydrogens is 320 g/mol. The van der Waals surface area contributed by atoms with Crippen molar-refractivity contribution in [3.63, 3.8) is 0 Å². The molecule has 1 nitrogen and oxygen atoms in total. The normalized spacial score (nSPS) is 15.4. The van der Waals surface area contributed by atoms with Gasteiger partial charge in [0.15, 0.2) is 0 Å². The highest BCUT2D eigenvalue weighted by molar-refractivity contribution is 6.59. The summed E-state index contributed by atoms with van der Waals surface area (Å²) >= 11 is 0. The van der Waals surface area contributed by atoms with E-state index in [9.17, 15) is 0 Å². The summed E-state index contributed by atoms with van der Waals surface area (Å²) in [5.74, 6) is 8.14. The Hall–Kier alpha value is -1.98. The predicted octanol–water partition coefficient (Wildman–Crippen LogP) is 5.88. The minimum atomic E-state index is -0.0216. The molecule has 0 aliphatic carbocycles. The summed E-state index contributed by atoms with van der Waals surface area (Å²) in [6.07, 6.45) is 4.16. The fourth-order valence-electron chi connectivity index (χ4n) is 3.62. The molecule has 1 saturated heterocycles. The van der Waals surface area contributed by atoms with Crippen LogP contribution in [0, 0.1) is 11.8 Å². The second-order valence-corrected chi connectivity index (χ2v) is 9.87. The first-order valence-corrected chi connectivity index (χ1v) is 11.5. The average molecular weight is 348 g/mol. The Kier molecular flexibility index (Phi) is 6.36. The number of benzene rings is 2. The van der Waals surface area contributed by atoms with Crippen molar-refractivity contribution in [2.24, 2.45) is 0 Å². The topological polar surface area (TPSA) is 9.23 Å². The quantitative estimate of drug-likeness (QED) is 0.496. The third kappa shape index (κ3) is 5.00. The zero-order valence-electron chi connectivity index (χ0n) is 15.3. The van der Waals surface area contributed by atoms with Crippen molar-refractivity contribution >= 4 is 8.80 Å². The maximum absolute atomic E-state index is 5.18. The SMILES string of the molecule is CCC[Si]1CCC(c2ccc(C#Cc3ccc(OC)cc3)cc2)CC1. The highest BCUT2D eigenvalue weighted by atomic mass is 28.3. The van der Waals surface area contributed by atoms with Crippen LogP contribution in [0.15, 0.2) is 48.5 Å². The summed E-state index contributed by atoms with van der Waals surface area (Å²) in [4.78, 5) is 0. The van der Waals surface area contributed by atoms with Crippen LogP contribution in [0.5, 0.6) is 5.75 Å². The average Bonchev–Trinajstić information content (AvgIpc) is 2.68. The first kappa shape index (κ1) is 17.8. The minimum absolute atomic E-state index is 0.0216. The molecule has 1 aliphatic rings. The maximum Gasteiger partial charge on any atom is 0.118 e. The van der Waals surface area contributed by atoms with Gasteiger partial charge in [0, 0.05) is 19.9 Å². The highest BCUT2D eigenvalue weighted by Crippen LogP contribution is 2.34. The van der Waals surface area contributed by atoms with Crippen molar-refractivity contribution < 1.29 is 4.74 Å². The summed E-state index contributed by atoms with van der Waals surface area (Å²) in [7, 11) is 1.66. The van der Waals surface area contributed by atoms with Crippen molar-refractivity contribution in [2.45, 2.75) is 50.2 Å². The number of hydrogen-bond acceptors (Lipinski definition) is 1. The lowest BCUT2D eigenvalue weighted by Gasteiger charge is -2.27. The molecule has 1 aliphatic heterocycles. The Balaban J connectivity index is 1.60. The zero-order chi connectivity index (χ0) is 17.5. The molecule has 2 heteroatoms. The van der Waals surface area contributed by atoms with E-state index in [0.717, 1.165) is 22.8 Å². The Morgan fingerprint density at radius 2 is 1.48 bits per heavy atom. The van der Waals surface area contributed by atoms with E-state index in [1.165, 1.54) is 43.0 Å². The highest BCUT2D eigenvalue weighted by Gasteiger charge is 2.22. The van der Waals surface area contributed by atoms with Gasteiger partial charge in [0.2, 0.25) is 0 Å². The summed E-state index contributed by atoms with van der Waals surface area (Å²) in [6.45, 7) is 2.33. The number of methoxy groups -OCH3 is 1. The Bertz CT molecular complexity index is 713. The van der Waals surface area contributed by atoms with Crippen molar-refractivity contribution in [2.75, 3.05) is 7.11 Å². The molecule has 1 fully saturated rings. The molecule has 0 unspecified atom stereocenters. The minimum Gasteiger partial charge on any atom is -0.497 e. The van der Waals surface area contributed by atoms with Gasteiger partial charge in [-0.15, -0.1) is 0 Å². The molecule has 0 spiro atoms. The molecule has 1 radical (unpaired) electrons. The molecule has 0 amide bonds. The van der Waals surface area contributed by atoms with E-state index in [4.69, 9.17) is 4.74 Å². The van der Waals surface area contributed by atoms with E-state index < -0.39 is 0 Å². The van der Waals surface area contributed by atoms with Crippen LogP contribution in [-0.4, -0.2) is 15.9 Å². The van der Waals surface area contributed by atoms with Crippen molar-refractivity contribution in [1.29, 1.82) is 0 Å².